The molecule has 0 aromatic rings. The number of rotatable bonds is 2. The second-order valence-corrected chi connectivity index (χ2v) is 2.84. The highest BCUT2D eigenvalue weighted by Crippen LogP contribution is 2.07. The third kappa shape index (κ3) is 4.50. The van der Waals surface area contributed by atoms with E-state index in [2.05, 4.69) is 14.8 Å². The van der Waals surface area contributed by atoms with Gasteiger partial charge in [0.1, 0.15) is 5.78 Å². The summed E-state index contributed by atoms with van der Waals surface area (Å²) >= 11 is 3.05. The summed E-state index contributed by atoms with van der Waals surface area (Å²) in [4.78, 5) is 9.99. The molecule has 6 heavy (non-hydrogen) atoms. The van der Waals surface area contributed by atoms with Gasteiger partial charge in [-0.05, 0) is 21.7 Å². The lowest BCUT2D eigenvalue weighted by molar-refractivity contribution is -0.114. The predicted octanol–water partition coefficient (Wildman–Crippen LogP) is 1.62. The maximum Gasteiger partial charge on any atom is 0.140 e. The Kier molecular flexibility index (Phi) is 3.99. The number of hydrogen-bond acceptors (Lipinski definition) is 2. The van der Waals surface area contributed by atoms with Gasteiger partial charge >= 0.3 is 0 Å². The number of Topliss-reactive ketones (excluding diaryl/α,β-unsaturated/α-hetero) is 1. The van der Waals surface area contributed by atoms with Gasteiger partial charge in [0.2, 0.25) is 0 Å². The van der Waals surface area contributed by atoms with E-state index in [1.54, 1.807) is 6.92 Å². The van der Waals surface area contributed by atoms with Crippen molar-refractivity contribution in [1.29, 1.82) is 0 Å². The van der Waals surface area contributed by atoms with Crippen molar-refractivity contribution < 1.29 is 4.79 Å². The van der Waals surface area contributed by atoms with Gasteiger partial charge in [0.15, 0.2) is 0 Å². The monoisotopic (exact) mass is 168 g/mol. The molecule has 0 saturated carbocycles. The fraction of sp³-hybridized carbons (Fsp3) is 0.667. The summed E-state index contributed by atoms with van der Waals surface area (Å²) in [5.41, 5.74) is 0. The van der Waals surface area contributed by atoms with Gasteiger partial charge in [-0.25, -0.2) is 0 Å². The summed E-state index contributed by atoms with van der Waals surface area (Å²) in [5.74, 6) is 0.775. The first kappa shape index (κ1) is 6.50. The van der Waals surface area contributed by atoms with E-state index in [0.29, 0.717) is 5.75 Å². The van der Waals surface area contributed by atoms with Crippen molar-refractivity contribution in [3.8, 4) is 0 Å². The predicted molar refractivity (Wildman–Crippen MR) is 32.1 cm³/mol. The number of halogens is 1. The first-order valence-corrected chi connectivity index (χ1v) is 4.33. The Balaban J connectivity index is 2.83. The highest BCUT2D eigenvalue weighted by atomic mass is 79.9. The Morgan fingerprint density at radius 1 is 2.00 bits per heavy atom. The van der Waals surface area contributed by atoms with Crippen LogP contribution in [0, 0.1) is 0 Å². The Labute approximate surface area is 48.7 Å². The number of carbonyl (C=O) groups excluding carboxylic acids is 1. The van der Waals surface area contributed by atoms with Crippen molar-refractivity contribution in [3.05, 3.63) is 0 Å². The molecule has 0 saturated heterocycles. The van der Waals surface area contributed by atoms with Gasteiger partial charge in [-0.1, -0.05) is 10.2 Å². The van der Waals surface area contributed by atoms with Gasteiger partial charge in [-0.3, -0.25) is 4.79 Å². The molecule has 0 aliphatic rings. The molecule has 0 amide bonds. The molecule has 0 atom stereocenters. The van der Waals surface area contributed by atoms with E-state index in [0.717, 1.165) is 0 Å². The van der Waals surface area contributed by atoms with E-state index >= 15 is 0 Å². The Morgan fingerprint density at radius 2 is 2.50 bits per heavy atom. The van der Waals surface area contributed by atoms with E-state index in [1.807, 2.05) is 0 Å². The normalized spacial score (nSPS) is 8.33. The molecule has 0 aromatic heterocycles. The minimum Gasteiger partial charge on any atom is -0.299 e. The number of carbonyl (C=O) groups is 1. The zero-order chi connectivity index (χ0) is 4.99. The van der Waals surface area contributed by atoms with Crippen LogP contribution in [0.5, 0.6) is 0 Å². The van der Waals surface area contributed by atoms with Gasteiger partial charge in [0.25, 0.3) is 0 Å². The molecule has 3 heteroatoms. The lowest BCUT2D eigenvalue weighted by Crippen LogP contribution is -1.88. The third-order valence-electron chi connectivity index (χ3n) is 0.258. The second kappa shape index (κ2) is 3.68. The van der Waals surface area contributed by atoms with Crippen LogP contribution in [0.15, 0.2) is 0 Å². The van der Waals surface area contributed by atoms with Crippen molar-refractivity contribution in [1.82, 2.24) is 0 Å². The summed E-state index contributed by atoms with van der Waals surface area (Å²) in [6, 6.07) is 0. The molecule has 0 aromatic carbocycles. The lowest BCUT2D eigenvalue weighted by atomic mass is 10.5. The molecule has 0 fully saturated rings. The van der Waals surface area contributed by atoms with Crippen LogP contribution in [-0.4, -0.2) is 11.5 Å². The zero-order valence-corrected chi connectivity index (χ0v) is 5.80. The third-order valence-corrected chi connectivity index (χ3v) is 1.46. The molecule has 0 radical (unpaired) electrons. The van der Waals surface area contributed by atoms with Crippen molar-refractivity contribution >= 4 is 30.8 Å². The zero-order valence-electron chi connectivity index (χ0n) is 3.40. The second-order valence-electron chi connectivity index (χ2n) is 0.955. The summed E-state index contributed by atoms with van der Waals surface area (Å²) in [7, 11) is 1.37. The molecular formula is C3H5BrOS. The van der Waals surface area contributed by atoms with E-state index < -0.39 is 0 Å². The quantitative estimate of drug-likeness (QED) is 0.624. The molecule has 0 unspecified atom stereocenters. The average Bonchev–Trinajstić information content (AvgIpc) is 1.35. The molecular weight excluding hydrogens is 164 g/mol. The number of ketones is 1. The van der Waals surface area contributed by atoms with Crippen LogP contribution < -0.4 is 0 Å². The first-order chi connectivity index (χ1) is 2.77. The van der Waals surface area contributed by atoms with Crippen LogP contribution >= 0.6 is 25.0 Å². The largest absolute Gasteiger partial charge is 0.299 e. The summed E-state index contributed by atoms with van der Waals surface area (Å²) in [6.45, 7) is 1.56. The minimum atomic E-state index is 0.205. The van der Waals surface area contributed by atoms with Gasteiger partial charge in [0.05, 0.1) is 5.75 Å². The van der Waals surface area contributed by atoms with Gasteiger partial charge < -0.3 is 0 Å². The molecule has 0 bridgehead atoms. The van der Waals surface area contributed by atoms with Gasteiger partial charge in [0, 0.05) is 0 Å². The molecule has 0 rings (SSSR count). The van der Waals surface area contributed by atoms with E-state index in [-0.39, 0.29) is 5.78 Å². The maximum atomic E-state index is 9.99. The van der Waals surface area contributed by atoms with E-state index in [4.69, 9.17) is 0 Å². The van der Waals surface area contributed by atoms with Crippen LogP contribution in [0.3, 0.4) is 0 Å². The van der Waals surface area contributed by atoms with Crippen LogP contribution in [0.2, 0.25) is 0 Å². The number of hydrogen-bond donors (Lipinski definition) is 0. The van der Waals surface area contributed by atoms with Crippen molar-refractivity contribution in [2.75, 3.05) is 5.75 Å². The van der Waals surface area contributed by atoms with Crippen LogP contribution in [0.25, 0.3) is 0 Å². The Bertz CT molecular complexity index is 54.8. The molecule has 0 N–H and O–H groups in total. The van der Waals surface area contributed by atoms with Crippen molar-refractivity contribution in [2.45, 2.75) is 6.92 Å². The summed E-state index contributed by atoms with van der Waals surface area (Å²) in [6.07, 6.45) is 0. The molecule has 0 aliphatic heterocycles. The average molecular weight is 169 g/mol. The molecule has 0 spiro atoms. The highest BCUT2D eigenvalue weighted by molar-refractivity contribution is 9.50. The minimum absolute atomic E-state index is 0.205. The van der Waals surface area contributed by atoms with Crippen LogP contribution in [0.4, 0.5) is 0 Å². The molecule has 1 nitrogen and oxygen atoms in total. The van der Waals surface area contributed by atoms with Crippen LogP contribution in [-0.2, 0) is 4.79 Å². The summed E-state index contributed by atoms with van der Waals surface area (Å²) in [5, 5.41) is 0. The molecule has 0 heterocycles. The Hall–Kier alpha value is 0.500. The first-order valence-electron chi connectivity index (χ1n) is 1.50. The topological polar surface area (TPSA) is 17.1 Å². The fourth-order valence-electron chi connectivity index (χ4n) is 0.0768. The molecule has 36 valence electrons. The maximum absolute atomic E-state index is 9.99. The van der Waals surface area contributed by atoms with Crippen molar-refractivity contribution in [2.24, 2.45) is 0 Å². The fourth-order valence-corrected chi connectivity index (χ4v) is 1.20. The highest BCUT2D eigenvalue weighted by Gasteiger charge is 1.85. The van der Waals surface area contributed by atoms with E-state index in [9.17, 15) is 4.79 Å². The van der Waals surface area contributed by atoms with E-state index in [1.165, 1.54) is 10.2 Å². The van der Waals surface area contributed by atoms with Gasteiger partial charge in [-0.15, -0.1) is 0 Å². The van der Waals surface area contributed by atoms with Gasteiger partial charge in [-0.2, -0.15) is 0 Å². The lowest BCUT2D eigenvalue weighted by Gasteiger charge is -1.78. The summed E-state index contributed by atoms with van der Waals surface area (Å²) < 4.78 is 0. The van der Waals surface area contributed by atoms with Crippen molar-refractivity contribution in [3.63, 3.8) is 0 Å². The SMILES string of the molecule is CC(=O)CSBr. The smallest absolute Gasteiger partial charge is 0.140 e. The molecule has 0 aliphatic carbocycles. The Morgan fingerprint density at radius 3 is 2.50 bits per heavy atom. The standard InChI is InChI=1S/C3H5BrOS/c1-3(5)2-6-4/h2H2,1H3. The van der Waals surface area contributed by atoms with Crippen LogP contribution in [0.1, 0.15) is 6.92 Å².